The van der Waals surface area contributed by atoms with E-state index in [1.165, 1.54) is 6.92 Å². The van der Waals surface area contributed by atoms with Crippen molar-refractivity contribution in [3.05, 3.63) is 12.2 Å². The largest absolute Gasteiger partial charge is 0.511 e. The average molecular weight is 222 g/mol. The number of carbonyl (C=O) groups is 1. The normalized spacial score (nSPS) is 31.0. The third kappa shape index (κ3) is 3.16. The van der Waals surface area contributed by atoms with Crippen molar-refractivity contribution >= 4 is 6.16 Å². The monoisotopic (exact) mass is 222 g/mol. The number of allylic oxidation sites excluding steroid dienone is 1. The summed E-state index contributed by atoms with van der Waals surface area (Å²) in [7, 11) is 0. The molecule has 0 aromatic heterocycles. The van der Waals surface area contributed by atoms with E-state index < -0.39 is 24.5 Å². The smallest absolute Gasteiger partial charge is 0.424 e. The predicted octanol–water partition coefficient (Wildman–Crippen LogP) is 2.10. The average Bonchev–Trinajstić information content (AvgIpc) is 2.35. The molecule has 6 heteroatoms. The Morgan fingerprint density at radius 2 is 2.33 bits per heavy atom. The van der Waals surface area contributed by atoms with Gasteiger partial charge in [0.25, 0.3) is 12.2 Å². The Balaban J connectivity index is 2.40. The highest BCUT2D eigenvalue weighted by Gasteiger charge is 2.46. The van der Waals surface area contributed by atoms with Gasteiger partial charge in [-0.15, -0.1) is 0 Å². The van der Waals surface area contributed by atoms with Crippen molar-refractivity contribution in [2.24, 2.45) is 0 Å². The first-order chi connectivity index (χ1) is 6.94. The Kier molecular flexibility index (Phi) is 3.62. The first-order valence-electron chi connectivity index (χ1n) is 4.42. The van der Waals surface area contributed by atoms with Gasteiger partial charge in [0.1, 0.15) is 0 Å². The number of cyclic esters (lactones) is 2. The van der Waals surface area contributed by atoms with E-state index in [1.54, 1.807) is 6.92 Å². The second-order valence-corrected chi connectivity index (χ2v) is 3.20. The molecule has 1 fully saturated rings. The summed E-state index contributed by atoms with van der Waals surface area (Å²) in [4.78, 5) is 10.7. The lowest BCUT2D eigenvalue weighted by Crippen LogP contribution is -2.37. The summed E-state index contributed by atoms with van der Waals surface area (Å²) in [6, 6.07) is 0. The maximum atomic E-state index is 11.7. The highest BCUT2D eigenvalue weighted by molar-refractivity contribution is 5.62. The van der Waals surface area contributed by atoms with E-state index >= 15 is 0 Å². The lowest BCUT2D eigenvalue weighted by Gasteiger charge is -2.23. The van der Waals surface area contributed by atoms with Crippen molar-refractivity contribution < 1.29 is 27.8 Å². The molecular weight excluding hydrogens is 210 g/mol. The van der Waals surface area contributed by atoms with Crippen LogP contribution < -0.4 is 0 Å². The maximum Gasteiger partial charge on any atom is 0.511 e. The quantitative estimate of drug-likeness (QED) is 0.539. The van der Waals surface area contributed by atoms with Crippen LogP contribution in [0.4, 0.5) is 13.6 Å². The van der Waals surface area contributed by atoms with Crippen LogP contribution in [0.3, 0.4) is 0 Å². The second-order valence-electron chi connectivity index (χ2n) is 3.20. The summed E-state index contributed by atoms with van der Waals surface area (Å²) in [5.41, 5.74) is 0. The number of ether oxygens (including phenoxy) is 3. The topological polar surface area (TPSA) is 44.8 Å². The number of hydrogen-bond acceptors (Lipinski definition) is 4. The molecule has 86 valence electrons. The number of hydrogen-bond donors (Lipinski definition) is 0. The summed E-state index contributed by atoms with van der Waals surface area (Å²) in [6.07, 6.45) is -2.03. The van der Waals surface area contributed by atoms with Crippen LogP contribution in [0, 0.1) is 0 Å². The fraction of sp³-hybridized carbons (Fsp3) is 0.667. The Hall–Kier alpha value is -1.17. The molecule has 2 unspecified atom stereocenters. The molecule has 0 bridgehead atoms. The van der Waals surface area contributed by atoms with Gasteiger partial charge in [-0.3, -0.25) is 0 Å². The van der Waals surface area contributed by atoms with Gasteiger partial charge >= 0.3 is 6.16 Å². The van der Waals surface area contributed by atoms with Crippen LogP contribution >= 0.6 is 0 Å². The summed E-state index contributed by atoms with van der Waals surface area (Å²) in [5.74, 6) is -1.20. The Bertz CT molecular complexity index is 267. The van der Waals surface area contributed by atoms with E-state index in [-0.39, 0.29) is 6.61 Å². The number of halogens is 2. The fourth-order valence-electron chi connectivity index (χ4n) is 1.04. The van der Waals surface area contributed by atoms with Gasteiger partial charge in [0.2, 0.25) is 0 Å². The number of carbonyl (C=O) groups excluding carboxylic acids is 1. The molecule has 1 rings (SSSR count). The van der Waals surface area contributed by atoms with Gasteiger partial charge in [-0.2, -0.15) is 0 Å². The third-order valence-electron chi connectivity index (χ3n) is 2.05. The van der Waals surface area contributed by atoms with E-state index in [2.05, 4.69) is 0 Å². The molecule has 1 aliphatic rings. The van der Waals surface area contributed by atoms with Crippen molar-refractivity contribution in [3.63, 3.8) is 0 Å². The molecule has 0 saturated carbocycles. The molecule has 0 aromatic rings. The van der Waals surface area contributed by atoms with Crippen molar-refractivity contribution in [1.29, 1.82) is 0 Å². The van der Waals surface area contributed by atoms with Gasteiger partial charge in [-0.1, -0.05) is 6.08 Å². The van der Waals surface area contributed by atoms with Crippen LogP contribution in [0.1, 0.15) is 13.8 Å². The fourth-order valence-corrected chi connectivity index (χ4v) is 1.04. The standard InChI is InChI=1S/C9H12F2O4/c1-6-9(2,15-8(12)14-6)13-5-3-4-7(10)11/h3-4,6-7H,5H2,1-2H3/b4-3-. The highest BCUT2D eigenvalue weighted by atomic mass is 19.3. The third-order valence-corrected chi connectivity index (χ3v) is 2.05. The molecule has 2 atom stereocenters. The van der Waals surface area contributed by atoms with Crippen LogP contribution in [0.25, 0.3) is 0 Å². The lowest BCUT2D eigenvalue weighted by atomic mass is 10.2. The van der Waals surface area contributed by atoms with Crippen molar-refractivity contribution in [1.82, 2.24) is 0 Å². The Morgan fingerprint density at radius 3 is 2.80 bits per heavy atom. The summed E-state index contributed by atoms with van der Waals surface area (Å²) in [6.45, 7) is 3.04. The zero-order valence-corrected chi connectivity index (χ0v) is 8.41. The summed E-state index contributed by atoms with van der Waals surface area (Å²) < 4.78 is 38.0. The van der Waals surface area contributed by atoms with Gasteiger partial charge in [0.15, 0.2) is 6.10 Å². The molecule has 0 spiro atoms. The first-order valence-corrected chi connectivity index (χ1v) is 4.42. The highest BCUT2D eigenvalue weighted by Crippen LogP contribution is 2.27. The van der Waals surface area contributed by atoms with Gasteiger partial charge in [0.05, 0.1) is 6.61 Å². The van der Waals surface area contributed by atoms with E-state index in [0.29, 0.717) is 6.08 Å². The number of rotatable bonds is 4. The Morgan fingerprint density at radius 1 is 1.67 bits per heavy atom. The van der Waals surface area contributed by atoms with Gasteiger partial charge in [-0.05, 0) is 13.0 Å². The predicted molar refractivity (Wildman–Crippen MR) is 46.5 cm³/mol. The molecule has 0 radical (unpaired) electrons. The van der Waals surface area contributed by atoms with Crippen LogP contribution in [0.5, 0.6) is 0 Å². The summed E-state index contributed by atoms with van der Waals surface area (Å²) in [5, 5.41) is 0. The van der Waals surface area contributed by atoms with E-state index in [9.17, 15) is 13.6 Å². The molecule has 0 N–H and O–H groups in total. The Labute approximate surface area is 85.8 Å². The zero-order chi connectivity index (χ0) is 11.5. The molecule has 4 nitrogen and oxygen atoms in total. The minimum absolute atomic E-state index is 0.0676. The molecule has 0 amide bonds. The van der Waals surface area contributed by atoms with Crippen LogP contribution in [-0.4, -0.2) is 31.1 Å². The molecule has 1 heterocycles. The van der Waals surface area contributed by atoms with Crippen molar-refractivity contribution in [3.8, 4) is 0 Å². The zero-order valence-electron chi connectivity index (χ0n) is 8.41. The maximum absolute atomic E-state index is 11.7. The van der Waals surface area contributed by atoms with Gasteiger partial charge in [0, 0.05) is 6.92 Å². The molecule has 1 saturated heterocycles. The lowest BCUT2D eigenvalue weighted by molar-refractivity contribution is -0.179. The van der Waals surface area contributed by atoms with Crippen LogP contribution in [-0.2, 0) is 14.2 Å². The minimum Gasteiger partial charge on any atom is -0.424 e. The summed E-state index contributed by atoms with van der Waals surface area (Å²) >= 11 is 0. The van der Waals surface area contributed by atoms with E-state index in [0.717, 1.165) is 6.08 Å². The van der Waals surface area contributed by atoms with E-state index in [1.807, 2.05) is 0 Å². The minimum atomic E-state index is -2.51. The second kappa shape index (κ2) is 4.57. The van der Waals surface area contributed by atoms with E-state index in [4.69, 9.17) is 14.2 Å². The first kappa shape index (κ1) is 11.9. The van der Waals surface area contributed by atoms with Gasteiger partial charge < -0.3 is 14.2 Å². The molecular formula is C9H12F2O4. The molecule has 0 aliphatic carbocycles. The van der Waals surface area contributed by atoms with Crippen LogP contribution in [0.2, 0.25) is 0 Å². The number of alkyl halides is 2. The molecule has 1 aliphatic heterocycles. The van der Waals surface area contributed by atoms with Gasteiger partial charge in [-0.25, -0.2) is 13.6 Å². The molecule has 15 heavy (non-hydrogen) atoms. The molecule has 0 aromatic carbocycles. The van der Waals surface area contributed by atoms with Crippen molar-refractivity contribution in [2.75, 3.05) is 6.61 Å². The van der Waals surface area contributed by atoms with Crippen molar-refractivity contribution in [2.45, 2.75) is 32.2 Å². The van der Waals surface area contributed by atoms with Crippen LogP contribution in [0.15, 0.2) is 12.2 Å². The SMILES string of the molecule is CC1OC(=O)OC1(C)OC/C=C\C(F)F.